The van der Waals surface area contributed by atoms with Gasteiger partial charge in [-0.25, -0.2) is 0 Å². The lowest BCUT2D eigenvalue weighted by Gasteiger charge is -2.47. The Morgan fingerprint density at radius 2 is 2.28 bits per heavy atom. The van der Waals surface area contributed by atoms with E-state index in [0.717, 1.165) is 12.1 Å². The normalized spacial score (nSPS) is 30.3. The molecule has 2 aliphatic rings. The summed E-state index contributed by atoms with van der Waals surface area (Å²) in [6.45, 7) is 7.57. The Hall–Kier alpha value is -0.380. The fourth-order valence-corrected chi connectivity index (χ4v) is 4.13. The van der Waals surface area contributed by atoms with Gasteiger partial charge in [0.15, 0.2) is 0 Å². The van der Waals surface area contributed by atoms with Crippen LogP contribution in [0.15, 0.2) is 17.5 Å². The molecule has 0 aromatic carbocycles. The summed E-state index contributed by atoms with van der Waals surface area (Å²) >= 11 is 1.90. The molecule has 0 spiro atoms. The third kappa shape index (κ3) is 2.79. The predicted octanol–water partition coefficient (Wildman–Crippen LogP) is 2.85. The number of hydrogen-bond acceptors (Lipinski definition) is 3. The molecule has 0 amide bonds. The topological polar surface area (TPSA) is 6.48 Å². The van der Waals surface area contributed by atoms with Gasteiger partial charge in [0, 0.05) is 36.6 Å². The van der Waals surface area contributed by atoms with Gasteiger partial charge in [-0.05, 0) is 44.2 Å². The highest BCUT2D eigenvalue weighted by Crippen LogP contribution is 2.24. The van der Waals surface area contributed by atoms with E-state index in [0.29, 0.717) is 0 Å². The van der Waals surface area contributed by atoms with E-state index >= 15 is 0 Å². The minimum atomic E-state index is 0.735. The third-order valence-corrected chi connectivity index (χ3v) is 5.48. The molecule has 0 aliphatic carbocycles. The number of thiophene rings is 1. The maximum atomic E-state index is 2.73. The molecule has 0 radical (unpaired) electrons. The van der Waals surface area contributed by atoms with Gasteiger partial charge in [0.25, 0.3) is 0 Å². The largest absolute Gasteiger partial charge is 0.298 e. The molecule has 2 nitrogen and oxygen atoms in total. The standard InChI is InChI=1S/C15H24N2S/c1-13-11-17-8-3-2-5-14(17)12-16(13)9-7-15-6-4-10-18-15/h4,6,10,13-14H,2-3,5,7-9,11-12H2,1H3. The van der Waals surface area contributed by atoms with Crippen LogP contribution >= 0.6 is 11.3 Å². The molecule has 2 unspecified atom stereocenters. The van der Waals surface area contributed by atoms with Crippen LogP contribution in [0.25, 0.3) is 0 Å². The van der Waals surface area contributed by atoms with Crippen molar-refractivity contribution < 1.29 is 0 Å². The Balaban J connectivity index is 1.55. The summed E-state index contributed by atoms with van der Waals surface area (Å²) in [7, 11) is 0. The van der Waals surface area contributed by atoms with Crippen LogP contribution in [0, 0.1) is 0 Å². The van der Waals surface area contributed by atoms with Crippen molar-refractivity contribution >= 4 is 11.3 Å². The van der Waals surface area contributed by atoms with Crippen LogP contribution in [-0.2, 0) is 6.42 Å². The molecule has 100 valence electrons. The first-order valence-electron chi connectivity index (χ1n) is 7.33. The van der Waals surface area contributed by atoms with Crippen LogP contribution in [0.1, 0.15) is 31.1 Å². The van der Waals surface area contributed by atoms with E-state index in [-0.39, 0.29) is 0 Å². The van der Waals surface area contributed by atoms with Crippen LogP contribution in [0.3, 0.4) is 0 Å². The van der Waals surface area contributed by atoms with Crippen molar-refractivity contribution in [1.82, 2.24) is 9.80 Å². The second kappa shape index (κ2) is 5.72. The third-order valence-electron chi connectivity index (χ3n) is 4.54. The lowest BCUT2D eigenvalue weighted by Crippen LogP contribution is -2.58. The SMILES string of the molecule is CC1CN2CCCCC2CN1CCc1cccs1. The van der Waals surface area contributed by atoms with Crippen molar-refractivity contribution in [3.05, 3.63) is 22.4 Å². The molecule has 3 heterocycles. The van der Waals surface area contributed by atoms with E-state index in [4.69, 9.17) is 0 Å². The van der Waals surface area contributed by atoms with Gasteiger partial charge < -0.3 is 0 Å². The number of nitrogens with zero attached hydrogens (tertiary/aromatic N) is 2. The number of fused-ring (bicyclic) bond motifs is 1. The summed E-state index contributed by atoms with van der Waals surface area (Å²) in [6, 6.07) is 6.02. The van der Waals surface area contributed by atoms with Crippen molar-refractivity contribution in [3.8, 4) is 0 Å². The van der Waals surface area contributed by atoms with Crippen LogP contribution in [0.4, 0.5) is 0 Å². The van der Waals surface area contributed by atoms with E-state index in [2.05, 4.69) is 34.2 Å². The lowest BCUT2D eigenvalue weighted by atomic mass is 9.97. The lowest BCUT2D eigenvalue weighted by molar-refractivity contribution is 0.0161. The highest BCUT2D eigenvalue weighted by atomic mass is 32.1. The summed E-state index contributed by atoms with van der Waals surface area (Å²) in [6.07, 6.45) is 5.50. The molecule has 0 saturated carbocycles. The maximum Gasteiger partial charge on any atom is 0.0223 e. The highest BCUT2D eigenvalue weighted by molar-refractivity contribution is 7.09. The Bertz CT molecular complexity index is 363. The Morgan fingerprint density at radius 1 is 1.33 bits per heavy atom. The van der Waals surface area contributed by atoms with Crippen molar-refractivity contribution in [3.63, 3.8) is 0 Å². The summed E-state index contributed by atoms with van der Waals surface area (Å²) in [5, 5.41) is 2.19. The molecule has 0 bridgehead atoms. The first-order valence-corrected chi connectivity index (χ1v) is 8.21. The molecule has 3 rings (SSSR count). The zero-order chi connectivity index (χ0) is 12.4. The number of rotatable bonds is 3. The van der Waals surface area contributed by atoms with E-state index in [1.54, 1.807) is 0 Å². The summed E-state index contributed by atoms with van der Waals surface area (Å²) < 4.78 is 0. The Kier molecular flexibility index (Phi) is 4.02. The minimum Gasteiger partial charge on any atom is -0.298 e. The van der Waals surface area contributed by atoms with E-state index < -0.39 is 0 Å². The number of hydrogen-bond donors (Lipinski definition) is 0. The van der Waals surface area contributed by atoms with Crippen LogP contribution < -0.4 is 0 Å². The molecule has 2 aliphatic heterocycles. The second-order valence-electron chi connectivity index (χ2n) is 5.82. The second-order valence-corrected chi connectivity index (χ2v) is 6.85. The van der Waals surface area contributed by atoms with Crippen LogP contribution in [0.5, 0.6) is 0 Å². The summed E-state index contributed by atoms with van der Waals surface area (Å²) in [4.78, 5) is 6.98. The highest BCUT2D eigenvalue weighted by Gasteiger charge is 2.32. The van der Waals surface area contributed by atoms with Gasteiger partial charge in [0.05, 0.1) is 0 Å². The summed E-state index contributed by atoms with van der Waals surface area (Å²) in [5.41, 5.74) is 0. The van der Waals surface area contributed by atoms with Crippen LogP contribution in [0.2, 0.25) is 0 Å². The Morgan fingerprint density at radius 3 is 3.11 bits per heavy atom. The number of piperazine rings is 1. The van der Waals surface area contributed by atoms with Gasteiger partial charge in [-0.15, -0.1) is 11.3 Å². The summed E-state index contributed by atoms with van der Waals surface area (Å²) in [5.74, 6) is 0. The molecule has 2 atom stereocenters. The molecule has 2 saturated heterocycles. The quantitative estimate of drug-likeness (QED) is 0.828. The molecule has 1 aromatic rings. The molecular formula is C15H24N2S. The first-order chi connectivity index (χ1) is 8.83. The van der Waals surface area contributed by atoms with Gasteiger partial charge in [-0.3, -0.25) is 9.80 Å². The van der Waals surface area contributed by atoms with Crippen molar-refractivity contribution in [1.29, 1.82) is 0 Å². The average molecular weight is 264 g/mol. The van der Waals surface area contributed by atoms with E-state index in [1.165, 1.54) is 56.7 Å². The van der Waals surface area contributed by atoms with E-state index in [1.807, 2.05) is 11.3 Å². The van der Waals surface area contributed by atoms with Crippen molar-refractivity contribution in [2.75, 3.05) is 26.2 Å². The van der Waals surface area contributed by atoms with Gasteiger partial charge in [0.2, 0.25) is 0 Å². The molecule has 1 aromatic heterocycles. The van der Waals surface area contributed by atoms with Crippen molar-refractivity contribution in [2.45, 2.75) is 44.7 Å². The first kappa shape index (κ1) is 12.6. The Labute approximate surface area is 115 Å². The molecule has 2 fully saturated rings. The zero-order valence-corrected chi connectivity index (χ0v) is 12.2. The van der Waals surface area contributed by atoms with Gasteiger partial charge in [-0.1, -0.05) is 12.5 Å². The molecular weight excluding hydrogens is 240 g/mol. The van der Waals surface area contributed by atoms with Crippen LogP contribution in [-0.4, -0.2) is 48.1 Å². The van der Waals surface area contributed by atoms with Gasteiger partial charge >= 0.3 is 0 Å². The number of piperidine rings is 1. The van der Waals surface area contributed by atoms with Gasteiger partial charge in [0.1, 0.15) is 0 Å². The fourth-order valence-electron chi connectivity index (χ4n) is 3.43. The molecule has 18 heavy (non-hydrogen) atoms. The minimum absolute atomic E-state index is 0.735. The zero-order valence-electron chi connectivity index (χ0n) is 11.3. The maximum absolute atomic E-state index is 2.73. The van der Waals surface area contributed by atoms with Gasteiger partial charge in [-0.2, -0.15) is 0 Å². The molecule has 0 N–H and O–H groups in total. The van der Waals surface area contributed by atoms with E-state index in [9.17, 15) is 0 Å². The monoisotopic (exact) mass is 264 g/mol. The average Bonchev–Trinajstić information content (AvgIpc) is 2.89. The predicted molar refractivity (Wildman–Crippen MR) is 78.3 cm³/mol. The fraction of sp³-hybridized carbons (Fsp3) is 0.733. The molecule has 3 heteroatoms. The smallest absolute Gasteiger partial charge is 0.0223 e. The van der Waals surface area contributed by atoms with Crippen molar-refractivity contribution in [2.24, 2.45) is 0 Å².